The Morgan fingerprint density at radius 2 is 1.96 bits per heavy atom. The number of hydrogen-bond acceptors (Lipinski definition) is 3. The van der Waals surface area contributed by atoms with E-state index in [9.17, 15) is 9.59 Å². The summed E-state index contributed by atoms with van der Waals surface area (Å²) >= 11 is 0. The number of amides is 2. The van der Waals surface area contributed by atoms with Gasteiger partial charge in [0.1, 0.15) is 5.82 Å². The molecular formula is C20H26N4O2. The number of benzene rings is 1. The molecule has 0 radical (unpaired) electrons. The van der Waals surface area contributed by atoms with Gasteiger partial charge in [0.2, 0.25) is 11.8 Å². The van der Waals surface area contributed by atoms with Crippen molar-refractivity contribution in [3.8, 4) is 0 Å². The molecule has 2 amide bonds. The Balaban J connectivity index is 1.52. The van der Waals surface area contributed by atoms with Crippen LogP contribution in [0.1, 0.15) is 56.8 Å². The van der Waals surface area contributed by atoms with E-state index in [0.717, 1.165) is 61.9 Å². The third-order valence-electron chi connectivity index (χ3n) is 5.54. The lowest BCUT2D eigenvalue weighted by atomic mass is 10.0. The first-order valence-corrected chi connectivity index (χ1v) is 9.74. The van der Waals surface area contributed by atoms with Crippen LogP contribution in [0.5, 0.6) is 0 Å². The molecule has 1 atom stereocenters. The fraction of sp³-hybridized carbons (Fsp3) is 0.550. The van der Waals surface area contributed by atoms with Gasteiger partial charge in [-0.2, -0.15) is 0 Å². The molecule has 1 aromatic carbocycles. The number of carbonyl (C=O) groups is 2. The van der Waals surface area contributed by atoms with Gasteiger partial charge in [-0.3, -0.25) is 9.59 Å². The van der Waals surface area contributed by atoms with Crippen molar-refractivity contribution in [1.82, 2.24) is 19.8 Å². The number of nitrogens with one attached hydrogen (secondary N) is 1. The first-order valence-electron chi connectivity index (χ1n) is 9.74. The van der Waals surface area contributed by atoms with Crippen molar-refractivity contribution in [1.29, 1.82) is 0 Å². The number of fused-ring (bicyclic) bond motifs is 1. The van der Waals surface area contributed by atoms with Crippen LogP contribution in [-0.4, -0.2) is 51.2 Å². The van der Waals surface area contributed by atoms with Crippen molar-refractivity contribution in [2.24, 2.45) is 0 Å². The van der Waals surface area contributed by atoms with Gasteiger partial charge < -0.3 is 14.8 Å². The molecule has 0 saturated carbocycles. The van der Waals surface area contributed by atoms with E-state index < -0.39 is 0 Å². The SMILES string of the molecule is O=C1CCCCCN1CC(=O)N1CCCC[C@H]1c1nc2ccccc2[nH]1. The Bertz CT molecular complexity index is 767. The maximum atomic E-state index is 13.0. The molecule has 26 heavy (non-hydrogen) atoms. The van der Waals surface area contributed by atoms with Crippen molar-refractivity contribution in [2.45, 2.75) is 51.0 Å². The van der Waals surface area contributed by atoms with E-state index >= 15 is 0 Å². The number of carbonyl (C=O) groups excluding carboxylic acids is 2. The van der Waals surface area contributed by atoms with E-state index in [1.807, 2.05) is 29.2 Å². The van der Waals surface area contributed by atoms with Crippen LogP contribution in [0.4, 0.5) is 0 Å². The zero-order chi connectivity index (χ0) is 17.9. The van der Waals surface area contributed by atoms with E-state index in [-0.39, 0.29) is 24.4 Å². The Labute approximate surface area is 153 Å². The van der Waals surface area contributed by atoms with Gasteiger partial charge in [-0.25, -0.2) is 4.98 Å². The molecule has 2 aromatic rings. The Hall–Kier alpha value is -2.37. The predicted octanol–water partition coefficient (Wildman–Crippen LogP) is 3.02. The smallest absolute Gasteiger partial charge is 0.242 e. The maximum Gasteiger partial charge on any atom is 0.242 e. The van der Waals surface area contributed by atoms with Gasteiger partial charge in [0.25, 0.3) is 0 Å². The molecule has 4 rings (SSSR count). The van der Waals surface area contributed by atoms with Crippen LogP contribution in [0.3, 0.4) is 0 Å². The molecule has 0 spiro atoms. The van der Waals surface area contributed by atoms with Crippen LogP contribution in [0, 0.1) is 0 Å². The van der Waals surface area contributed by atoms with E-state index in [4.69, 9.17) is 4.98 Å². The van der Waals surface area contributed by atoms with Crippen molar-refractivity contribution < 1.29 is 9.59 Å². The van der Waals surface area contributed by atoms with Crippen LogP contribution in [0.2, 0.25) is 0 Å². The molecule has 3 heterocycles. The van der Waals surface area contributed by atoms with E-state index in [0.29, 0.717) is 13.0 Å². The normalized spacial score (nSPS) is 21.8. The molecule has 2 aliphatic heterocycles. The van der Waals surface area contributed by atoms with Gasteiger partial charge in [-0.15, -0.1) is 0 Å². The van der Waals surface area contributed by atoms with Gasteiger partial charge >= 0.3 is 0 Å². The zero-order valence-electron chi connectivity index (χ0n) is 15.1. The second-order valence-corrected chi connectivity index (χ2v) is 7.36. The number of imidazole rings is 1. The molecule has 6 heteroatoms. The summed E-state index contributed by atoms with van der Waals surface area (Å²) in [5.74, 6) is 1.03. The zero-order valence-corrected chi connectivity index (χ0v) is 15.1. The van der Waals surface area contributed by atoms with Crippen molar-refractivity contribution >= 4 is 22.8 Å². The topological polar surface area (TPSA) is 69.3 Å². The summed E-state index contributed by atoms with van der Waals surface area (Å²) in [5.41, 5.74) is 1.94. The van der Waals surface area contributed by atoms with Crippen molar-refractivity contribution in [2.75, 3.05) is 19.6 Å². The summed E-state index contributed by atoms with van der Waals surface area (Å²) in [7, 11) is 0. The molecule has 1 N–H and O–H groups in total. The summed E-state index contributed by atoms with van der Waals surface area (Å²) in [6.07, 6.45) is 6.59. The second kappa shape index (κ2) is 7.48. The highest BCUT2D eigenvalue weighted by Gasteiger charge is 2.31. The van der Waals surface area contributed by atoms with E-state index in [1.165, 1.54) is 0 Å². The summed E-state index contributed by atoms with van der Waals surface area (Å²) in [6, 6.07) is 7.93. The summed E-state index contributed by atoms with van der Waals surface area (Å²) in [6.45, 7) is 1.64. The molecule has 0 aliphatic carbocycles. The van der Waals surface area contributed by atoms with Gasteiger partial charge in [0, 0.05) is 19.5 Å². The number of H-pyrrole nitrogens is 1. The van der Waals surface area contributed by atoms with Crippen LogP contribution >= 0.6 is 0 Å². The van der Waals surface area contributed by atoms with Crippen LogP contribution in [0.25, 0.3) is 11.0 Å². The lowest BCUT2D eigenvalue weighted by molar-refractivity contribution is -0.142. The van der Waals surface area contributed by atoms with Gasteiger partial charge in [-0.05, 0) is 44.2 Å². The number of nitrogens with zero attached hydrogens (tertiary/aromatic N) is 3. The lowest BCUT2D eigenvalue weighted by Gasteiger charge is -2.36. The summed E-state index contributed by atoms with van der Waals surface area (Å²) in [5, 5.41) is 0. The highest BCUT2D eigenvalue weighted by molar-refractivity contribution is 5.85. The van der Waals surface area contributed by atoms with Crippen LogP contribution in [0.15, 0.2) is 24.3 Å². The number of hydrogen-bond donors (Lipinski definition) is 1. The molecule has 1 aromatic heterocycles. The third-order valence-corrected chi connectivity index (χ3v) is 5.54. The maximum absolute atomic E-state index is 13.0. The van der Waals surface area contributed by atoms with Crippen LogP contribution in [-0.2, 0) is 9.59 Å². The molecule has 0 unspecified atom stereocenters. The van der Waals surface area contributed by atoms with E-state index in [1.54, 1.807) is 4.90 Å². The predicted molar refractivity (Wildman–Crippen MR) is 99.4 cm³/mol. The lowest BCUT2D eigenvalue weighted by Crippen LogP contribution is -2.46. The number of piperidine rings is 1. The third kappa shape index (κ3) is 3.45. The monoisotopic (exact) mass is 354 g/mol. The number of para-hydroxylation sites is 2. The molecular weight excluding hydrogens is 328 g/mol. The molecule has 138 valence electrons. The second-order valence-electron chi connectivity index (χ2n) is 7.36. The minimum absolute atomic E-state index is 0.0225. The first kappa shape index (κ1) is 17.1. The number of aromatic nitrogens is 2. The number of aromatic amines is 1. The molecule has 2 fully saturated rings. The minimum atomic E-state index is -0.0225. The Kier molecular flexibility index (Phi) is 4.91. The summed E-state index contributed by atoms with van der Waals surface area (Å²) in [4.78, 5) is 37.0. The highest BCUT2D eigenvalue weighted by atomic mass is 16.2. The standard InChI is InChI=1S/C20H26N4O2/c25-18-11-2-1-6-12-23(18)14-19(26)24-13-7-5-10-17(24)20-21-15-8-3-4-9-16(15)22-20/h3-4,8-9,17H,1-2,5-7,10-14H2,(H,21,22)/t17-/m0/s1. The largest absolute Gasteiger partial charge is 0.340 e. The number of likely N-dealkylation sites (tertiary alicyclic amines) is 2. The van der Waals surface area contributed by atoms with E-state index in [2.05, 4.69) is 4.98 Å². The summed E-state index contributed by atoms with van der Waals surface area (Å²) < 4.78 is 0. The minimum Gasteiger partial charge on any atom is -0.340 e. The van der Waals surface area contributed by atoms with Crippen molar-refractivity contribution in [3.63, 3.8) is 0 Å². The Morgan fingerprint density at radius 3 is 2.85 bits per heavy atom. The quantitative estimate of drug-likeness (QED) is 0.921. The molecule has 2 aliphatic rings. The Morgan fingerprint density at radius 1 is 1.12 bits per heavy atom. The number of rotatable bonds is 3. The van der Waals surface area contributed by atoms with Gasteiger partial charge in [0.15, 0.2) is 0 Å². The first-order chi connectivity index (χ1) is 12.7. The van der Waals surface area contributed by atoms with Gasteiger partial charge in [-0.1, -0.05) is 18.6 Å². The fourth-order valence-electron chi connectivity index (χ4n) is 4.10. The van der Waals surface area contributed by atoms with Crippen LogP contribution < -0.4 is 0 Å². The molecule has 6 nitrogen and oxygen atoms in total. The van der Waals surface area contributed by atoms with Gasteiger partial charge in [0.05, 0.1) is 23.6 Å². The molecule has 2 saturated heterocycles. The highest BCUT2D eigenvalue weighted by Crippen LogP contribution is 2.30. The average Bonchev–Trinajstić information content (AvgIpc) is 3.00. The van der Waals surface area contributed by atoms with Crippen molar-refractivity contribution in [3.05, 3.63) is 30.1 Å². The fourth-order valence-corrected chi connectivity index (χ4v) is 4.10. The average molecular weight is 354 g/mol. The molecule has 0 bridgehead atoms.